The van der Waals surface area contributed by atoms with Crippen LogP contribution in [0.5, 0.6) is 0 Å². The molecule has 0 aromatic rings. The third-order valence-electron chi connectivity index (χ3n) is 0.521. The van der Waals surface area contributed by atoms with Gasteiger partial charge in [-0.15, -0.1) is 0 Å². The number of hydrogen-bond donors (Lipinski definition) is 1. The molecule has 0 aliphatic rings. The minimum absolute atomic E-state index is 0.309. The molecule has 0 aliphatic heterocycles. The van der Waals surface area contributed by atoms with E-state index in [0.717, 1.165) is 5.06 Å². The Bertz CT molecular complexity index is 114. The van der Waals surface area contributed by atoms with E-state index in [1.807, 2.05) is 0 Å². The number of nitrogens with zero attached hydrogens (tertiary/aromatic N) is 1. The summed E-state index contributed by atoms with van der Waals surface area (Å²) >= 11 is 0. The summed E-state index contributed by atoms with van der Waals surface area (Å²) in [5.74, 6) is 0. The van der Waals surface area contributed by atoms with Crippen LogP contribution >= 0.6 is 0 Å². The second-order valence-electron chi connectivity index (χ2n) is 1.16. The van der Waals surface area contributed by atoms with Gasteiger partial charge in [0.1, 0.15) is 0 Å². The molecule has 8 heavy (non-hydrogen) atoms. The first-order valence-electron chi connectivity index (χ1n) is 1.99. The van der Waals surface area contributed by atoms with Crippen molar-refractivity contribution >= 4 is 11.0 Å². The molecular formula is C3H8NO3S. The summed E-state index contributed by atoms with van der Waals surface area (Å²) in [5.41, 5.74) is 0. The van der Waals surface area contributed by atoms with E-state index in [9.17, 15) is 8.42 Å². The van der Waals surface area contributed by atoms with Gasteiger partial charge >= 0.3 is 0 Å². The molecule has 0 bridgehead atoms. The maximum atomic E-state index is 9.71. The lowest BCUT2D eigenvalue weighted by atomic mass is 10.8. The molecule has 4 nitrogen and oxygen atoms in total. The van der Waals surface area contributed by atoms with Crippen molar-refractivity contribution in [1.29, 1.82) is 0 Å². The van der Waals surface area contributed by atoms with Crippen molar-refractivity contribution in [1.82, 2.24) is 5.06 Å². The Morgan fingerprint density at radius 3 is 2.38 bits per heavy atom. The second-order valence-corrected chi connectivity index (χ2v) is 1.77. The predicted molar refractivity (Wildman–Crippen MR) is 29.4 cm³/mol. The standard InChI is InChI=1S/C3H8NO3S/c1-3-4(2)7-8(5)6/h8H,1,3H2,2H3. The molecule has 0 fully saturated rings. The molecule has 1 radical (unpaired) electrons. The molecule has 5 heteroatoms. The summed E-state index contributed by atoms with van der Waals surface area (Å²) in [6, 6.07) is 0. The summed E-state index contributed by atoms with van der Waals surface area (Å²) in [6.07, 6.45) is 0. The second kappa shape index (κ2) is 3.82. The fraction of sp³-hybridized carbons (Fsp3) is 0.667. The highest BCUT2D eigenvalue weighted by atomic mass is 32.2. The van der Waals surface area contributed by atoms with Crippen LogP contribution in [0.3, 0.4) is 0 Å². The molecule has 0 saturated heterocycles. The molecule has 0 unspecified atom stereocenters. The van der Waals surface area contributed by atoms with Crippen LogP contribution in [-0.4, -0.2) is 27.1 Å². The van der Waals surface area contributed by atoms with Crippen molar-refractivity contribution < 1.29 is 12.7 Å². The van der Waals surface area contributed by atoms with E-state index in [4.69, 9.17) is 0 Å². The first kappa shape index (κ1) is 7.87. The van der Waals surface area contributed by atoms with Gasteiger partial charge in [0, 0.05) is 13.6 Å². The Labute approximate surface area is 50.2 Å². The van der Waals surface area contributed by atoms with E-state index in [0.29, 0.717) is 6.54 Å². The van der Waals surface area contributed by atoms with Crippen LogP contribution in [0.15, 0.2) is 0 Å². The van der Waals surface area contributed by atoms with E-state index in [-0.39, 0.29) is 0 Å². The van der Waals surface area contributed by atoms with E-state index in [1.165, 1.54) is 7.05 Å². The molecule has 0 saturated carbocycles. The number of thiol groups is 1. The predicted octanol–water partition coefficient (Wildman–Crippen LogP) is -0.790. The van der Waals surface area contributed by atoms with Gasteiger partial charge in [-0.25, -0.2) is 8.42 Å². The Kier molecular flexibility index (Phi) is 3.76. The fourth-order valence-electron chi connectivity index (χ4n) is 0.155. The largest absolute Gasteiger partial charge is 0.273 e. The van der Waals surface area contributed by atoms with Crippen LogP contribution in [0, 0.1) is 6.92 Å². The van der Waals surface area contributed by atoms with Crippen molar-refractivity contribution in [3.05, 3.63) is 6.92 Å². The van der Waals surface area contributed by atoms with Gasteiger partial charge in [0.05, 0.1) is 0 Å². The van der Waals surface area contributed by atoms with Gasteiger partial charge in [-0.05, 0) is 6.92 Å². The number of rotatable bonds is 3. The molecule has 0 heterocycles. The molecule has 0 spiro atoms. The highest BCUT2D eigenvalue weighted by molar-refractivity contribution is 7.67. The van der Waals surface area contributed by atoms with Crippen molar-refractivity contribution in [2.45, 2.75) is 0 Å². The summed E-state index contributed by atoms with van der Waals surface area (Å²) < 4.78 is 23.6. The lowest BCUT2D eigenvalue weighted by molar-refractivity contribution is -0.00670. The van der Waals surface area contributed by atoms with Gasteiger partial charge in [0.15, 0.2) is 0 Å². The Balaban J connectivity index is 3.39. The van der Waals surface area contributed by atoms with Crippen LogP contribution in [-0.2, 0) is 15.3 Å². The van der Waals surface area contributed by atoms with E-state index in [2.05, 4.69) is 11.2 Å². The normalized spacial score (nSPS) is 11.0. The van der Waals surface area contributed by atoms with Crippen LogP contribution in [0.25, 0.3) is 0 Å². The van der Waals surface area contributed by atoms with Gasteiger partial charge in [-0.1, -0.05) is 0 Å². The Morgan fingerprint density at radius 1 is 1.75 bits per heavy atom. The lowest BCUT2D eigenvalue weighted by Gasteiger charge is -2.05. The number of hydrogen-bond acceptors (Lipinski definition) is 4. The number of hydroxylamine groups is 2. The topological polar surface area (TPSA) is 46.6 Å². The minimum atomic E-state index is -2.76. The van der Waals surface area contributed by atoms with E-state index in [1.54, 1.807) is 0 Å². The molecule has 0 aliphatic carbocycles. The van der Waals surface area contributed by atoms with Gasteiger partial charge in [-0.2, -0.15) is 9.35 Å². The smallest absolute Gasteiger partial charge is 0.201 e. The summed E-state index contributed by atoms with van der Waals surface area (Å²) in [7, 11) is -1.28. The summed E-state index contributed by atoms with van der Waals surface area (Å²) in [5, 5.41) is 1.12. The highest BCUT2D eigenvalue weighted by Gasteiger charge is 1.91. The van der Waals surface area contributed by atoms with Crippen molar-refractivity contribution in [3.8, 4) is 0 Å². The monoisotopic (exact) mass is 138 g/mol. The summed E-state index contributed by atoms with van der Waals surface area (Å²) in [6.45, 7) is 3.68. The Hall–Kier alpha value is -0.130. The van der Waals surface area contributed by atoms with Crippen molar-refractivity contribution in [2.75, 3.05) is 13.6 Å². The third kappa shape index (κ3) is 4.04. The van der Waals surface area contributed by atoms with Crippen LogP contribution in [0.2, 0.25) is 0 Å². The van der Waals surface area contributed by atoms with Crippen molar-refractivity contribution in [2.24, 2.45) is 0 Å². The maximum Gasteiger partial charge on any atom is 0.273 e. The summed E-state index contributed by atoms with van der Waals surface area (Å²) in [4.78, 5) is 0. The molecule has 0 aromatic carbocycles. The molecule has 0 amide bonds. The molecule has 0 atom stereocenters. The SMILES string of the molecule is [CH2]CN(C)O[SH](=O)=O. The minimum Gasteiger partial charge on any atom is -0.201 e. The Morgan fingerprint density at radius 2 is 2.25 bits per heavy atom. The first-order chi connectivity index (χ1) is 3.66. The van der Waals surface area contributed by atoms with Crippen LogP contribution < -0.4 is 0 Å². The first-order valence-corrected chi connectivity index (χ1v) is 3.09. The maximum absolute atomic E-state index is 9.71. The molecule has 49 valence electrons. The zero-order valence-corrected chi connectivity index (χ0v) is 5.43. The zero-order chi connectivity index (χ0) is 6.57. The van der Waals surface area contributed by atoms with E-state index >= 15 is 0 Å². The van der Waals surface area contributed by atoms with Crippen molar-refractivity contribution in [3.63, 3.8) is 0 Å². The lowest BCUT2D eigenvalue weighted by Crippen LogP contribution is -2.16. The average molecular weight is 138 g/mol. The van der Waals surface area contributed by atoms with Gasteiger partial charge in [0.25, 0.3) is 11.0 Å². The fourth-order valence-corrected chi connectivity index (χ4v) is 0.464. The highest BCUT2D eigenvalue weighted by Crippen LogP contribution is 1.80. The van der Waals surface area contributed by atoms with Crippen LogP contribution in [0.4, 0.5) is 0 Å². The quantitative estimate of drug-likeness (QED) is 0.410. The third-order valence-corrected chi connectivity index (χ3v) is 0.933. The molecule has 0 aromatic heterocycles. The molecule has 0 N–H and O–H groups in total. The zero-order valence-electron chi connectivity index (χ0n) is 4.53. The van der Waals surface area contributed by atoms with E-state index < -0.39 is 11.0 Å². The van der Waals surface area contributed by atoms with Crippen LogP contribution in [0.1, 0.15) is 0 Å². The van der Waals surface area contributed by atoms with Gasteiger partial charge in [-0.3, -0.25) is 0 Å². The molecular weight excluding hydrogens is 130 g/mol. The average Bonchev–Trinajstić information content (AvgIpc) is 1.65. The van der Waals surface area contributed by atoms with Gasteiger partial charge < -0.3 is 0 Å². The molecule has 0 rings (SSSR count). The van der Waals surface area contributed by atoms with Gasteiger partial charge in [0.2, 0.25) is 0 Å².